The Morgan fingerprint density at radius 3 is 2.64 bits per heavy atom. The third-order valence-electron chi connectivity index (χ3n) is 8.60. The van der Waals surface area contributed by atoms with Gasteiger partial charge in [0, 0.05) is 28.6 Å². The van der Waals surface area contributed by atoms with Gasteiger partial charge in [0.2, 0.25) is 0 Å². The van der Waals surface area contributed by atoms with Crippen molar-refractivity contribution < 1.29 is 19.0 Å². The van der Waals surface area contributed by atoms with Crippen molar-refractivity contribution in [3.63, 3.8) is 0 Å². The van der Waals surface area contributed by atoms with Gasteiger partial charge in [-0.1, -0.05) is 20.8 Å². The van der Waals surface area contributed by atoms with E-state index in [0.717, 1.165) is 48.0 Å². The molecule has 1 aromatic carbocycles. The van der Waals surface area contributed by atoms with Crippen LogP contribution in [0.2, 0.25) is 0 Å². The molecule has 0 amide bonds. The normalized spacial score (nSPS) is 22.0. The summed E-state index contributed by atoms with van der Waals surface area (Å²) < 4.78 is 21.8. The van der Waals surface area contributed by atoms with Crippen LogP contribution in [0.1, 0.15) is 73.0 Å². The number of esters is 1. The van der Waals surface area contributed by atoms with Crippen LogP contribution in [0.3, 0.4) is 0 Å². The molecule has 0 saturated heterocycles. The Morgan fingerprint density at radius 1 is 1.19 bits per heavy atom. The molecule has 188 valence electrons. The first-order chi connectivity index (χ1) is 17.2. The molecule has 6 rings (SSSR count). The summed E-state index contributed by atoms with van der Waals surface area (Å²) in [6.45, 7) is 9.73. The number of rotatable bonds is 4. The lowest BCUT2D eigenvalue weighted by Crippen LogP contribution is -2.44. The molecule has 36 heavy (non-hydrogen) atoms. The predicted molar refractivity (Wildman–Crippen MR) is 133 cm³/mol. The maximum atomic E-state index is 15.0. The van der Waals surface area contributed by atoms with Gasteiger partial charge in [-0.2, -0.15) is 0 Å². The highest BCUT2D eigenvalue weighted by Gasteiger charge is 2.46. The molecule has 0 unspecified atom stereocenters. The van der Waals surface area contributed by atoms with E-state index in [2.05, 4.69) is 18.7 Å². The third-order valence-corrected chi connectivity index (χ3v) is 8.60. The fourth-order valence-corrected chi connectivity index (χ4v) is 6.56. The fraction of sp³-hybridized carbons (Fsp3) is 0.464. The Balaban J connectivity index is 1.69. The number of ether oxygens (including phenoxy) is 1. The van der Waals surface area contributed by atoms with Gasteiger partial charge in [-0.3, -0.25) is 9.69 Å². The number of aryl methyl sites for hydroxylation is 1. The number of halogens is 1. The molecule has 3 aliphatic rings. The number of carbonyl (C=O) groups excluding carboxylic acids is 1. The lowest BCUT2D eigenvalue weighted by Gasteiger charge is -2.36. The summed E-state index contributed by atoms with van der Waals surface area (Å²) in [5.41, 5.74) is 3.96. The largest absolute Gasteiger partial charge is 0.458 e. The second kappa shape index (κ2) is 7.95. The van der Waals surface area contributed by atoms with Gasteiger partial charge in [0.15, 0.2) is 5.60 Å². The zero-order valence-electron chi connectivity index (χ0n) is 21.1. The molecule has 7 nitrogen and oxygen atoms in total. The molecule has 1 aliphatic carbocycles. The van der Waals surface area contributed by atoms with E-state index in [1.54, 1.807) is 17.6 Å². The lowest BCUT2D eigenvalue weighted by molar-refractivity contribution is -0.172. The van der Waals surface area contributed by atoms with E-state index < -0.39 is 11.6 Å². The summed E-state index contributed by atoms with van der Waals surface area (Å²) in [5.74, 6) is -1.02. The van der Waals surface area contributed by atoms with Crippen molar-refractivity contribution in [3.05, 3.63) is 61.7 Å². The molecule has 0 radical (unpaired) electrons. The first-order valence-corrected chi connectivity index (χ1v) is 12.8. The van der Waals surface area contributed by atoms with E-state index in [-0.39, 0.29) is 36.0 Å². The molecule has 8 heteroatoms. The smallest absolute Gasteiger partial charge is 0.343 e. The standard InChI is InChI=1S/C28H30FN3O4/c1-5-28(35)18-10-22-25-16(12-32(22)26(33)17(18)13-36-27(28)34)24-21(31(6-2)7-3)9-8-15-14(4)19(29)11-20(30-25)23(15)24/h10-11,21,35H,5-9,12-13H2,1-4H3/t21-,28-/m0/s1. The number of hydrogen-bond donors (Lipinski definition) is 1. The summed E-state index contributed by atoms with van der Waals surface area (Å²) in [7, 11) is 0. The summed E-state index contributed by atoms with van der Waals surface area (Å²) in [4.78, 5) is 33.5. The van der Waals surface area contributed by atoms with E-state index in [4.69, 9.17) is 9.72 Å². The lowest BCUT2D eigenvalue weighted by atomic mass is 9.81. The Hall–Kier alpha value is -3.10. The molecule has 0 bridgehead atoms. The van der Waals surface area contributed by atoms with E-state index >= 15 is 0 Å². The highest BCUT2D eigenvalue weighted by Crippen LogP contribution is 2.47. The summed E-state index contributed by atoms with van der Waals surface area (Å²) >= 11 is 0. The minimum atomic E-state index is -1.88. The average Bonchev–Trinajstić information content (AvgIpc) is 3.25. The number of fused-ring (bicyclic) bond motifs is 5. The maximum absolute atomic E-state index is 15.0. The number of carbonyl (C=O) groups is 1. The van der Waals surface area contributed by atoms with Crippen LogP contribution in [0.5, 0.6) is 0 Å². The molecule has 2 aromatic heterocycles. The molecule has 3 aromatic rings. The Kier molecular flexibility index (Phi) is 5.15. The second-order valence-electron chi connectivity index (χ2n) is 10.1. The van der Waals surface area contributed by atoms with Gasteiger partial charge in [-0.25, -0.2) is 14.2 Å². The van der Waals surface area contributed by atoms with E-state index in [1.807, 2.05) is 6.92 Å². The number of pyridine rings is 2. The van der Waals surface area contributed by atoms with Crippen LogP contribution in [-0.4, -0.2) is 38.6 Å². The van der Waals surface area contributed by atoms with Crippen molar-refractivity contribution in [2.45, 2.75) is 71.8 Å². The fourth-order valence-electron chi connectivity index (χ4n) is 6.56. The molecule has 2 aliphatic heterocycles. The highest BCUT2D eigenvalue weighted by atomic mass is 19.1. The number of aromatic nitrogens is 2. The zero-order valence-corrected chi connectivity index (χ0v) is 21.1. The van der Waals surface area contributed by atoms with Gasteiger partial charge in [0.25, 0.3) is 5.56 Å². The van der Waals surface area contributed by atoms with Crippen molar-refractivity contribution in [1.29, 1.82) is 0 Å². The van der Waals surface area contributed by atoms with E-state index in [9.17, 15) is 19.1 Å². The predicted octanol–water partition coefficient (Wildman–Crippen LogP) is 3.86. The van der Waals surface area contributed by atoms with Gasteiger partial charge < -0.3 is 14.4 Å². The highest BCUT2D eigenvalue weighted by molar-refractivity contribution is 5.93. The van der Waals surface area contributed by atoms with Gasteiger partial charge in [-0.15, -0.1) is 0 Å². The number of benzene rings is 1. The third kappa shape index (κ3) is 2.88. The van der Waals surface area contributed by atoms with Crippen molar-refractivity contribution >= 4 is 16.9 Å². The Bertz CT molecular complexity index is 1520. The quantitative estimate of drug-likeness (QED) is 0.437. The van der Waals surface area contributed by atoms with E-state index in [1.165, 1.54) is 6.07 Å². The monoisotopic (exact) mass is 491 g/mol. The van der Waals surface area contributed by atoms with Gasteiger partial charge in [0.05, 0.1) is 29.0 Å². The Morgan fingerprint density at radius 2 is 1.94 bits per heavy atom. The average molecular weight is 492 g/mol. The number of nitrogens with zero attached hydrogens (tertiary/aromatic N) is 3. The van der Waals surface area contributed by atoms with Crippen LogP contribution >= 0.6 is 0 Å². The molecule has 4 heterocycles. The van der Waals surface area contributed by atoms with Gasteiger partial charge >= 0.3 is 5.97 Å². The maximum Gasteiger partial charge on any atom is 0.343 e. The molecule has 0 saturated carbocycles. The van der Waals surface area contributed by atoms with Crippen LogP contribution in [0.25, 0.3) is 22.3 Å². The molecule has 1 N–H and O–H groups in total. The Labute approximate surface area is 208 Å². The van der Waals surface area contributed by atoms with Crippen molar-refractivity contribution in [3.8, 4) is 11.4 Å². The van der Waals surface area contributed by atoms with Crippen LogP contribution in [-0.2, 0) is 34.7 Å². The zero-order chi connectivity index (χ0) is 25.5. The number of hydrogen-bond acceptors (Lipinski definition) is 6. The van der Waals surface area contributed by atoms with E-state index in [0.29, 0.717) is 34.6 Å². The van der Waals surface area contributed by atoms with Crippen molar-refractivity contribution in [2.75, 3.05) is 13.1 Å². The second-order valence-corrected chi connectivity index (χ2v) is 10.1. The number of aliphatic hydroxyl groups is 1. The summed E-state index contributed by atoms with van der Waals surface area (Å²) in [6, 6.07) is 3.36. The minimum absolute atomic E-state index is 0.0862. The topological polar surface area (TPSA) is 84.7 Å². The van der Waals surface area contributed by atoms with Gasteiger partial charge in [-0.05, 0) is 62.0 Å². The molecule has 2 atom stereocenters. The molecular weight excluding hydrogens is 461 g/mol. The minimum Gasteiger partial charge on any atom is -0.458 e. The van der Waals surface area contributed by atoms with Crippen LogP contribution in [0.15, 0.2) is 16.9 Å². The van der Waals surface area contributed by atoms with Crippen molar-refractivity contribution in [1.82, 2.24) is 14.5 Å². The molecule has 0 spiro atoms. The van der Waals surface area contributed by atoms with Crippen LogP contribution < -0.4 is 5.56 Å². The van der Waals surface area contributed by atoms with Crippen LogP contribution in [0.4, 0.5) is 4.39 Å². The summed E-state index contributed by atoms with van der Waals surface area (Å²) in [6.07, 6.45) is 1.73. The van der Waals surface area contributed by atoms with Crippen LogP contribution in [0, 0.1) is 12.7 Å². The first kappa shape index (κ1) is 23.3. The van der Waals surface area contributed by atoms with Crippen molar-refractivity contribution in [2.24, 2.45) is 0 Å². The SMILES string of the molecule is CCN(CC)[C@H]1CCc2c(C)c(F)cc3nc4c(c1c23)Cn1c-4cc2c(c1=O)COC(=O)[C@]2(O)CC. The molecular formula is C28H30FN3O4. The first-order valence-electron chi connectivity index (χ1n) is 12.8. The summed E-state index contributed by atoms with van der Waals surface area (Å²) in [5, 5.41) is 12.2. The molecule has 0 fully saturated rings. The number of cyclic esters (lactones) is 1. The van der Waals surface area contributed by atoms with Gasteiger partial charge in [0.1, 0.15) is 12.4 Å².